The van der Waals surface area contributed by atoms with Gasteiger partial charge in [-0.1, -0.05) is 53.5 Å². The minimum Gasteiger partial charge on any atom is -0.286 e. The molecule has 4 rings (SSSR count). The van der Waals surface area contributed by atoms with Crippen molar-refractivity contribution in [3.63, 3.8) is 0 Å². The van der Waals surface area contributed by atoms with Crippen LogP contribution in [-0.2, 0) is 10.0 Å². The molecule has 1 aromatic heterocycles. The highest BCUT2D eigenvalue weighted by Crippen LogP contribution is 2.37. The summed E-state index contributed by atoms with van der Waals surface area (Å²) in [6, 6.07) is 18.8. The molecule has 2 aromatic carbocycles. The molecule has 0 spiro atoms. The van der Waals surface area contributed by atoms with Crippen molar-refractivity contribution < 1.29 is 8.42 Å². The average Bonchev–Trinajstić information content (AvgIpc) is 3.25. The summed E-state index contributed by atoms with van der Waals surface area (Å²) in [7, 11) is -3.49. The van der Waals surface area contributed by atoms with E-state index in [0.29, 0.717) is 20.8 Å². The Labute approximate surface area is 185 Å². The van der Waals surface area contributed by atoms with E-state index in [4.69, 9.17) is 23.2 Å². The van der Waals surface area contributed by atoms with Gasteiger partial charge in [0.1, 0.15) is 4.21 Å². The first-order chi connectivity index (χ1) is 13.8. The van der Waals surface area contributed by atoms with Gasteiger partial charge < -0.3 is 0 Å². The Morgan fingerprint density at radius 2 is 1.55 bits per heavy atom. The van der Waals surface area contributed by atoms with Crippen LogP contribution >= 0.6 is 34.5 Å². The minimum absolute atomic E-state index is 0.0120. The molecule has 0 saturated carbocycles. The Morgan fingerprint density at radius 1 is 1.00 bits per heavy atom. The normalized spacial score (nSPS) is 20.0. The van der Waals surface area contributed by atoms with Crippen molar-refractivity contribution in [3.05, 3.63) is 87.2 Å². The molecule has 2 atom stereocenters. The molecule has 0 amide bonds. The van der Waals surface area contributed by atoms with Crippen LogP contribution in [0, 0.1) is 0 Å². The van der Waals surface area contributed by atoms with Crippen LogP contribution in [0.4, 0.5) is 0 Å². The Morgan fingerprint density at radius 3 is 2.00 bits per heavy atom. The largest absolute Gasteiger partial charge is 0.286 e. The third-order valence-corrected chi connectivity index (χ3v) is 8.67. The number of hydrogen-bond donors (Lipinski definition) is 1. The maximum absolute atomic E-state index is 12.6. The van der Waals surface area contributed by atoms with E-state index >= 15 is 0 Å². The highest BCUT2D eigenvalue weighted by atomic mass is 35.5. The monoisotopic (exact) mass is 466 g/mol. The molecule has 1 N–H and O–H groups in total. The second-order valence-electron chi connectivity index (χ2n) is 7.10. The van der Waals surface area contributed by atoms with E-state index in [9.17, 15) is 8.42 Å². The van der Waals surface area contributed by atoms with Crippen LogP contribution in [0.25, 0.3) is 0 Å². The summed E-state index contributed by atoms with van der Waals surface area (Å²) in [6.07, 6.45) is 0. The summed E-state index contributed by atoms with van der Waals surface area (Å²) >= 11 is 13.4. The zero-order valence-corrected chi connectivity index (χ0v) is 18.8. The summed E-state index contributed by atoms with van der Waals surface area (Å²) in [5.41, 5.74) is 2.20. The Bertz CT molecular complexity index is 1020. The quantitative estimate of drug-likeness (QED) is 0.543. The first-order valence-electron chi connectivity index (χ1n) is 9.18. The molecule has 3 aromatic rings. The number of halogens is 2. The molecule has 1 aliphatic rings. The van der Waals surface area contributed by atoms with Gasteiger partial charge in [0.15, 0.2) is 0 Å². The Hall–Kier alpha value is -1.41. The molecule has 152 valence electrons. The van der Waals surface area contributed by atoms with Crippen molar-refractivity contribution in [1.29, 1.82) is 0 Å². The van der Waals surface area contributed by atoms with E-state index in [0.717, 1.165) is 11.1 Å². The lowest BCUT2D eigenvalue weighted by Gasteiger charge is -2.50. The highest BCUT2D eigenvalue weighted by Gasteiger charge is 2.42. The topological polar surface area (TPSA) is 49.4 Å². The molecule has 0 radical (unpaired) electrons. The van der Waals surface area contributed by atoms with Gasteiger partial charge in [-0.15, -0.1) is 11.3 Å². The molecule has 0 bridgehead atoms. The van der Waals surface area contributed by atoms with E-state index in [2.05, 4.69) is 9.62 Å². The molecule has 1 fully saturated rings. The Kier molecular flexibility index (Phi) is 6.02. The predicted molar refractivity (Wildman–Crippen MR) is 119 cm³/mol. The fourth-order valence-corrected chi connectivity index (χ4v) is 6.22. The fourth-order valence-electron chi connectivity index (χ4n) is 3.65. The fraction of sp³-hybridized carbons (Fsp3) is 0.238. The van der Waals surface area contributed by atoms with E-state index in [1.54, 1.807) is 17.5 Å². The predicted octanol–water partition coefficient (Wildman–Crippen LogP) is 5.20. The molecule has 1 aliphatic heterocycles. The van der Waals surface area contributed by atoms with Gasteiger partial charge in [-0.3, -0.25) is 4.90 Å². The zero-order valence-electron chi connectivity index (χ0n) is 15.6. The molecule has 4 nitrogen and oxygen atoms in total. The van der Waals surface area contributed by atoms with Crippen LogP contribution in [-0.4, -0.2) is 31.9 Å². The molecule has 0 unspecified atom stereocenters. The van der Waals surface area contributed by atoms with Crippen molar-refractivity contribution in [2.45, 2.75) is 29.3 Å². The first-order valence-corrected chi connectivity index (χ1v) is 12.3. The zero-order chi connectivity index (χ0) is 20.6. The number of benzene rings is 2. The number of sulfonamides is 1. The van der Waals surface area contributed by atoms with Gasteiger partial charge >= 0.3 is 0 Å². The van der Waals surface area contributed by atoms with Crippen molar-refractivity contribution in [2.75, 3.05) is 6.54 Å². The summed E-state index contributed by atoms with van der Waals surface area (Å²) in [4.78, 5) is 2.29. The number of nitrogens with one attached hydrogen (secondary N) is 1. The number of rotatable bonds is 6. The molecule has 0 aliphatic carbocycles. The third-order valence-electron chi connectivity index (χ3n) is 5.28. The SMILES string of the molecule is C[C@H]1[C@H](NS(=O)(=O)c2cccs2)CN1C(c1ccc(Cl)cc1)c1ccc(Cl)cc1. The van der Waals surface area contributed by atoms with E-state index in [1.165, 1.54) is 11.3 Å². The van der Waals surface area contributed by atoms with Crippen molar-refractivity contribution in [1.82, 2.24) is 9.62 Å². The van der Waals surface area contributed by atoms with Gasteiger partial charge in [-0.2, -0.15) is 0 Å². The van der Waals surface area contributed by atoms with E-state index in [-0.39, 0.29) is 18.1 Å². The third kappa shape index (κ3) is 4.38. The van der Waals surface area contributed by atoms with Crippen molar-refractivity contribution >= 4 is 44.6 Å². The second-order valence-corrected chi connectivity index (χ2v) is 10.9. The van der Waals surface area contributed by atoms with Crippen molar-refractivity contribution in [3.8, 4) is 0 Å². The number of thiophene rings is 1. The Balaban J connectivity index is 1.58. The number of hydrogen-bond acceptors (Lipinski definition) is 4. The van der Waals surface area contributed by atoms with Gasteiger partial charge in [0.05, 0.1) is 12.1 Å². The summed E-state index contributed by atoms with van der Waals surface area (Å²) in [6.45, 7) is 2.66. The average molecular weight is 467 g/mol. The summed E-state index contributed by atoms with van der Waals surface area (Å²) in [5.74, 6) is 0. The van der Waals surface area contributed by atoms with Gasteiger partial charge in [-0.05, 0) is 53.8 Å². The maximum atomic E-state index is 12.6. The smallest absolute Gasteiger partial charge is 0.250 e. The molecule has 1 saturated heterocycles. The molecular weight excluding hydrogens is 447 g/mol. The van der Waals surface area contributed by atoms with E-state index < -0.39 is 10.0 Å². The lowest BCUT2D eigenvalue weighted by molar-refractivity contribution is 0.0370. The van der Waals surface area contributed by atoms with Crippen molar-refractivity contribution in [2.24, 2.45) is 0 Å². The maximum Gasteiger partial charge on any atom is 0.250 e. The van der Waals surface area contributed by atoms with Crippen LogP contribution in [0.5, 0.6) is 0 Å². The number of likely N-dealkylation sites (tertiary alicyclic amines) is 1. The molecule has 8 heteroatoms. The van der Waals surface area contributed by atoms with Gasteiger partial charge in [0, 0.05) is 22.6 Å². The van der Waals surface area contributed by atoms with Crippen LogP contribution in [0.2, 0.25) is 10.0 Å². The second kappa shape index (κ2) is 8.38. The number of nitrogens with zero attached hydrogens (tertiary/aromatic N) is 1. The van der Waals surface area contributed by atoms with Gasteiger partial charge in [0.25, 0.3) is 0 Å². The summed E-state index contributed by atoms with van der Waals surface area (Å²) in [5, 5.41) is 3.13. The minimum atomic E-state index is -3.49. The lowest BCUT2D eigenvalue weighted by atomic mass is 9.89. The van der Waals surface area contributed by atoms with E-state index in [1.807, 2.05) is 55.5 Å². The van der Waals surface area contributed by atoms with Gasteiger partial charge in [0.2, 0.25) is 10.0 Å². The van der Waals surface area contributed by atoms with Crippen LogP contribution in [0.3, 0.4) is 0 Å². The van der Waals surface area contributed by atoms with Gasteiger partial charge in [-0.25, -0.2) is 13.1 Å². The van der Waals surface area contributed by atoms with Crippen LogP contribution in [0.15, 0.2) is 70.3 Å². The first kappa shape index (κ1) is 20.8. The lowest BCUT2D eigenvalue weighted by Crippen LogP contribution is -2.65. The van der Waals surface area contributed by atoms with Crippen LogP contribution in [0.1, 0.15) is 24.1 Å². The summed E-state index contributed by atoms with van der Waals surface area (Å²) < 4.78 is 28.4. The van der Waals surface area contributed by atoms with Crippen LogP contribution < -0.4 is 4.72 Å². The highest BCUT2D eigenvalue weighted by molar-refractivity contribution is 7.91. The molecule has 29 heavy (non-hydrogen) atoms. The molecular formula is C21H20Cl2N2O2S2. The molecule has 2 heterocycles. The standard InChI is InChI=1S/C21H20Cl2N2O2S2/c1-14-19(24-29(26,27)20-3-2-12-28-20)13-25(14)21(15-4-8-17(22)9-5-15)16-6-10-18(23)11-7-16/h2-12,14,19,21,24H,13H2,1H3/t14-,19+/m0/s1.